The Morgan fingerprint density at radius 2 is 1.87 bits per heavy atom. The highest BCUT2D eigenvalue weighted by molar-refractivity contribution is 6.02. The highest BCUT2D eigenvalue weighted by Crippen LogP contribution is 2.22. The van der Waals surface area contributed by atoms with Gasteiger partial charge >= 0.3 is 0 Å². The maximum atomic E-state index is 11.7. The zero-order valence-corrected chi connectivity index (χ0v) is 9.08. The lowest BCUT2D eigenvalue weighted by atomic mass is 9.97. The van der Waals surface area contributed by atoms with Crippen LogP contribution in [0.25, 0.3) is 10.8 Å². The van der Waals surface area contributed by atoms with Crippen molar-refractivity contribution in [3.8, 4) is 0 Å². The molecule has 1 heteroatoms. The van der Waals surface area contributed by atoms with Crippen molar-refractivity contribution in [2.75, 3.05) is 0 Å². The molecular weight excluding hydrogens is 184 g/mol. The van der Waals surface area contributed by atoms with Crippen molar-refractivity contribution in [2.45, 2.75) is 20.3 Å². The average molecular weight is 198 g/mol. The number of hydrogen-bond donors (Lipinski definition) is 0. The first-order valence-corrected chi connectivity index (χ1v) is 5.25. The lowest BCUT2D eigenvalue weighted by Gasteiger charge is -2.07. The van der Waals surface area contributed by atoms with E-state index in [1.807, 2.05) is 38.1 Å². The molecule has 0 N–H and O–H groups in total. The van der Waals surface area contributed by atoms with Gasteiger partial charge in [-0.25, -0.2) is 0 Å². The molecule has 2 aromatic carbocycles. The molecule has 0 fully saturated rings. The summed E-state index contributed by atoms with van der Waals surface area (Å²) in [7, 11) is 0. The fourth-order valence-electron chi connectivity index (χ4n) is 1.92. The molecule has 15 heavy (non-hydrogen) atoms. The summed E-state index contributed by atoms with van der Waals surface area (Å²) < 4.78 is 0. The van der Waals surface area contributed by atoms with Crippen LogP contribution in [-0.2, 0) is 0 Å². The molecule has 0 atom stereocenters. The molecular formula is C14H14O. The van der Waals surface area contributed by atoms with Gasteiger partial charge in [-0.15, -0.1) is 0 Å². The number of hydrogen-bond acceptors (Lipinski definition) is 1. The SMILES string of the molecule is CCC(=O)c1ccc2ccccc2c1C. The summed E-state index contributed by atoms with van der Waals surface area (Å²) in [6.45, 7) is 3.92. The first-order chi connectivity index (χ1) is 7.24. The van der Waals surface area contributed by atoms with Crippen LogP contribution < -0.4 is 0 Å². The van der Waals surface area contributed by atoms with E-state index in [0.29, 0.717) is 6.42 Å². The third-order valence-electron chi connectivity index (χ3n) is 2.82. The van der Waals surface area contributed by atoms with Gasteiger partial charge < -0.3 is 0 Å². The number of fused-ring (bicyclic) bond motifs is 1. The Morgan fingerprint density at radius 3 is 2.60 bits per heavy atom. The molecule has 0 radical (unpaired) electrons. The van der Waals surface area contributed by atoms with E-state index < -0.39 is 0 Å². The number of ketones is 1. The van der Waals surface area contributed by atoms with Crippen molar-refractivity contribution in [2.24, 2.45) is 0 Å². The van der Waals surface area contributed by atoms with Crippen molar-refractivity contribution in [3.05, 3.63) is 47.5 Å². The second-order valence-electron chi connectivity index (χ2n) is 3.74. The van der Waals surface area contributed by atoms with Gasteiger partial charge in [-0.1, -0.05) is 43.3 Å². The van der Waals surface area contributed by atoms with Crippen LogP contribution in [0.4, 0.5) is 0 Å². The van der Waals surface area contributed by atoms with E-state index in [-0.39, 0.29) is 5.78 Å². The van der Waals surface area contributed by atoms with E-state index in [1.165, 1.54) is 10.8 Å². The van der Waals surface area contributed by atoms with Crippen molar-refractivity contribution < 1.29 is 4.79 Å². The standard InChI is InChI=1S/C14H14O/c1-3-14(15)13-9-8-11-6-4-5-7-12(11)10(13)2/h4-9H,3H2,1-2H3. The van der Waals surface area contributed by atoms with E-state index >= 15 is 0 Å². The Morgan fingerprint density at radius 1 is 1.13 bits per heavy atom. The molecule has 1 nitrogen and oxygen atoms in total. The molecule has 0 amide bonds. The zero-order chi connectivity index (χ0) is 10.8. The Hall–Kier alpha value is -1.63. The van der Waals surface area contributed by atoms with Crippen LogP contribution in [0.3, 0.4) is 0 Å². The summed E-state index contributed by atoms with van der Waals surface area (Å²) in [5.74, 6) is 0.221. The Labute approximate surface area is 89.7 Å². The lowest BCUT2D eigenvalue weighted by Crippen LogP contribution is -1.99. The van der Waals surface area contributed by atoms with Crippen molar-refractivity contribution in [3.63, 3.8) is 0 Å². The van der Waals surface area contributed by atoms with Crippen molar-refractivity contribution >= 4 is 16.6 Å². The third-order valence-corrected chi connectivity index (χ3v) is 2.82. The zero-order valence-electron chi connectivity index (χ0n) is 9.08. The van der Waals surface area contributed by atoms with E-state index in [1.54, 1.807) is 0 Å². The van der Waals surface area contributed by atoms with E-state index in [0.717, 1.165) is 11.1 Å². The highest BCUT2D eigenvalue weighted by Gasteiger charge is 2.08. The van der Waals surface area contributed by atoms with Gasteiger partial charge in [0.05, 0.1) is 0 Å². The first kappa shape index (κ1) is 9.91. The smallest absolute Gasteiger partial charge is 0.162 e. The lowest BCUT2D eigenvalue weighted by molar-refractivity contribution is 0.0988. The first-order valence-electron chi connectivity index (χ1n) is 5.25. The van der Waals surface area contributed by atoms with E-state index in [9.17, 15) is 4.79 Å². The van der Waals surface area contributed by atoms with E-state index in [4.69, 9.17) is 0 Å². The minimum absolute atomic E-state index is 0.221. The summed E-state index contributed by atoms with van der Waals surface area (Å²) in [5, 5.41) is 2.37. The Bertz CT molecular complexity index is 512. The van der Waals surface area contributed by atoms with Crippen LogP contribution in [0.1, 0.15) is 29.3 Å². The summed E-state index contributed by atoms with van der Waals surface area (Å²) in [5.41, 5.74) is 1.95. The predicted octanol–water partition coefficient (Wildman–Crippen LogP) is 3.74. The number of Topliss-reactive ketones (excluding diaryl/α,β-unsaturated/α-hetero) is 1. The maximum Gasteiger partial charge on any atom is 0.162 e. The molecule has 76 valence electrons. The molecule has 0 aliphatic rings. The van der Waals surface area contributed by atoms with Gasteiger partial charge in [0.1, 0.15) is 0 Å². The number of carbonyl (C=O) groups is 1. The second-order valence-corrected chi connectivity index (χ2v) is 3.74. The molecule has 2 aromatic rings. The molecule has 0 heterocycles. The number of carbonyl (C=O) groups excluding carboxylic acids is 1. The number of benzene rings is 2. The topological polar surface area (TPSA) is 17.1 Å². The van der Waals surface area contributed by atoms with Crippen LogP contribution in [0.5, 0.6) is 0 Å². The normalized spacial score (nSPS) is 10.5. The van der Waals surface area contributed by atoms with Gasteiger partial charge in [-0.3, -0.25) is 4.79 Å². The second kappa shape index (κ2) is 3.85. The van der Waals surface area contributed by atoms with Gasteiger partial charge in [-0.05, 0) is 23.3 Å². The largest absolute Gasteiger partial charge is 0.294 e. The van der Waals surface area contributed by atoms with Crippen LogP contribution in [0.2, 0.25) is 0 Å². The monoisotopic (exact) mass is 198 g/mol. The number of rotatable bonds is 2. The molecule has 0 aliphatic heterocycles. The Balaban J connectivity index is 2.70. The molecule has 0 unspecified atom stereocenters. The molecule has 0 aliphatic carbocycles. The number of aryl methyl sites for hydroxylation is 1. The van der Waals surface area contributed by atoms with Crippen LogP contribution in [0, 0.1) is 6.92 Å². The van der Waals surface area contributed by atoms with Crippen molar-refractivity contribution in [1.82, 2.24) is 0 Å². The summed E-state index contributed by atoms with van der Waals surface area (Å²) >= 11 is 0. The predicted molar refractivity (Wildman–Crippen MR) is 63.3 cm³/mol. The maximum absolute atomic E-state index is 11.7. The molecule has 0 spiro atoms. The molecule has 0 saturated carbocycles. The Kier molecular flexibility index (Phi) is 2.55. The minimum atomic E-state index is 0.221. The van der Waals surface area contributed by atoms with Crippen LogP contribution in [-0.4, -0.2) is 5.78 Å². The molecule has 0 aromatic heterocycles. The van der Waals surface area contributed by atoms with E-state index in [2.05, 4.69) is 12.1 Å². The third kappa shape index (κ3) is 1.65. The average Bonchev–Trinajstić information content (AvgIpc) is 2.29. The highest BCUT2D eigenvalue weighted by atomic mass is 16.1. The van der Waals surface area contributed by atoms with Gasteiger partial charge in [0, 0.05) is 12.0 Å². The summed E-state index contributed by atoms with van der Waals surface area (Å²) in [6, 6.07) is 12.1. The fourth-order valence-corrected chi connectivity index (χ4v) is 1.92. The van der Waals surface area contributed by atoms with Gasteiger partial charge in [0.2, 0.25) is 0 Å². The van der Waals surface area contributed by atoms with Crippen LogP contribution >= 0.6 is 0 Å². The summed E-state index contributed by atoms with van der Waals surface area (Å²) in [6.07, 6.45) is 0.569. The minimum Gasteiger partial charge on any atom is -0.294 e. The van der Waals surface area contributed by atoms with Gasteiger partial charge in [0.25, 0.3) is 0 Å². The molecule has 0 saturated heterocycles. The quantitative estimate of drug-likeness (QED) is 0.672. The van der Waals surface area contributed by atoms with Crippen molar-refractivity contribution in [1.29, 1.82) is 0 Å². The fraction of sp³-hybridized carbons (Fsp3) is 0.214. The molecule has 0 bridgehead atoms. The van der Waals surface area contributed by atoms with Crippen LogP contribution in [0.15, 0.2) is 36.4 Å². The van der Waals surface area contributed by atoms with Gasteiger partial charge in [0.15, 0.2) is 5.78 Å². The summed E-state index contributed by atoms with van der Waals surface area (Å²) in [4.78, 5) is 11.7. The molecule has 2 rings (SSSR count). The van der Waals surface area contributed by atoms with Gasteiger partial charge in [-0.2, -0.15) is 0 Å².